The quantitative estimate of drug-likeness (QED) is 0.442. The van der Waals surface area contributed by atoms with Crippen LogP contribution in [0.4, 0.5) is 0 Å². The van der Waals surface area contributed by atoms with Crippen molar-refractivity contribution in [3.8, 4) is 11.4 Å². The van der Waals surface area contributed by atoms with Crippen LogP contribution < -0.4 is 10.1 Å². The van der Waals surface area contributed by atoms with Gasteiger partial charge in [-0.3, -0.25) is 4.79 Å². The van der Waals surface area contributed by atoms with E-state index >= 15 is 0 Å². The molecule has 1 atom stereocenters. The average Bonchev–Trinajstić information content (AvgIpc) is 3.25. The van der Waals surface area contributed by atoms with E-state index in [4.69, 9.17) is 4.74 Å². The maximum Gasteiger partial charge on any atom is 0.230 e. The molecule has 0 saturated heterocycles. The van der Waals surface area contributed by atoms with Crippen molar-refractivity contribution in [2.75, 3.05) is 12.9 Å². The highest BCUT2D eigenvalue weighted by atomic mass is 32.2. The number of tetrazole rings is 1. The largest absolute Gasteiger partial charge is 0.494 e. The van der Waals surface area contributed by atoms with Gasteiger partial charge in [-0.05, 0) is 58.3 Å². The molecule has 158 valence electrons. The third-order valence-corrected chi connectivity index (χ3v) is 5.92. The van der Waals surface area contributed by atoms with Gasteiger partial charge in [0, 0.05) is 0 Å². The molecule has 3 aromatic carbocycles. The Kier molecular flexibility index (Phi) is 6.18. The topological polar surface area (TPSA) is 81.9 Å². The Morgan fingerprint density at radius 3 is 2.81 bits per heavy atom. The number of hydrogen-bond acceptors (Lipinski definition) is 6. The van der Waals surface area contributed by atoms with E-state index < -0.39 is 0 Å². The zero-order chi connectivity index (χ0) is 21.8. The molecule has 31 heavy (non-hydrogen) atoms. The van der Waals surface area contributed by atoms with Gasteiger partial charge in [0.1, 0.15) is 11.4 Å². The zero-order valence-corrected chi connectivity index (χ0v) is 18.4. The van der Waals surface area contributed by atoms with E-state index in [9.17, 15) is 4.79 Å². The highest BCUT2D eigenvalue weighted by Gasteiger charge is 2.17. The van der Waals surface area contributed by atoms with Gasteiger partial charge in [0.05, 0.1) is 18.9 Å². The van der Waals surface area contributed by atoms with Crippen molar-refractivity contribution in [3.05, 3.63) is 71.8 Å². The number of nitrogens with zero attached hydrogens (tertiary/aromatic N) is 4. The lowest BCUT2D eigenvalue weighted by Gasteiger charge is -2.16. The SMILES string of the molecule is COc1ccc(C)cc1-n1nnnc1SCC(=O)N[C@@H](C)c1cccc2ccccc12. The molecule has 8 heteroatoms. The lowest BCUT2D eigenvalue weighted by molar-refractivity contribution is -0.119. The van der Waals surface area contributed by atoms with Gasteiger partial charge in [-0.1, -0.05) is 60.3 Å². The molecule has 0 radical (unpaired) electrons. The normalized spacial score (nSPS) is 12.0. The fraction of sp³-hybridized carbons (Fsp3) is 0.217. The molecule has 0 aliphatic rings. The molecule has 0 spiro atoms. The number of aromatic nitrogens is 4. The molecular weight excluding hydrogens is 410 g/mol. The van der Waals surface area contributed by atoms with Crippen LogP contribution in [0.1, 0.15) is 24.1 Å². The summed E-state index contributed by atoms with van der Waals surface area (Å²) in [7, 11) is 1.60. The predicted molar refractivity (Wildman–Crippen MR) is 122 cm³/mol. The molecule has 4 rings (SSSR count). The number of fused-ring (bicyclic) bond motifs is 1. The smallest absolute Gasteiger partial charge is 0.230 e. The summed E-state index contributed by atoms with van der Waals surface area (Å²) in [6.07, 6.45) is 0. The molecule has 0 fully saturated rings. The molecule has 7 nitrogen and oxygen atoms in total. The number of carbonyl (C=O) groups is 1. The van der Waals surface area contributed by atoms with Gasteiger partial charge < -0.3 is 10.1 Å². The van der Waals surface area contributed by atoms with Gasteiger partial charge in [-0.15, -0.1) is 5.10 Å². The second-order valence-electron chi connectivity index (χ2n) is 7.19. The van der Waals surface area contributed by atoms with Gasteiger partial charge in [-0.25, -0.2) is 0 Å². The minimum atomic E-state index is -0.118. The number of nitrogens with one attached hydrogen (secondary N) is 1. The predicted octanol–water partition coefficient (Wildman–Crippen LogP) is 4.10. The number of thioether (sulfide) groups is 1. The van der Waals surface area contributed by atoms with Crippen LogP contribution in [0.2, 0.25) is 0 Å². The van der Waals surface area contributed by atoms with Crippen molar-refractivity contribution in [2.45, 2.75) is 25.0 Å². The first-order valence-corrected chi connectivity index (χ1v) is 10.9. The summed E-state index contributed by atoms with van der Waals surface area (Å²) in [5.74, 6) is 0.772. The fourth-order valence-corrected chi connectivity index (χ4v) is 4.20. The van der Waals surface area contributed by atoms with Crippen LogP contribution in [0.5, 0.6) is 5.75 Å². The summed E-state index contributed by atoms with van der Waals surface area (Å²) in [4.78, 5) is 12.6. The summed E-state index contributed by atoms with van der Waals surface area (Å²) >= 11 is 1.28. The molecule has 0 saturated carbocycles. The van der Waals surface area contributed by atoms with E-state index in [-0.39, 0.29) is 17.7 Å². The molecule has 1 amide bonds. The molecule has 1 N–H and O–H groups in total. The maximum absolute atomic E-state index is 12.6. The first-order valence-electron chi connectivity index (χ1n) is 9.90. The number of carbonyl (C=O) groups excluding carboxylic acids is 1. The van der Waals surface area contributed by atoms with Crippen molar-refractivity contribution in [1.29, 1.82) is 0 Å². The van der Waals surface area contributed by atoms with Gasteiger partial charge in [0.15, 0.2) is 0 Å². The summed E-state index contributed by atoms with van der Waals surface area (Å²) in [6.45, 7) is 3.98. The number of rotatable bonds is 7. The monoisotopic (exact) mass is 433 g/mol. The van der Waals surface area contributed by atoms with Crippen LogP contribution in [-0.4, -0.2) is 39.0 Å². The average molecular weight is 434 g/mol. The van der Waals surface area contributed by atoms with E-state index in [2.05, 4.69) is 39.0 Å². The minimum absolute atomic E-state index is 0.0869. The lowest BCUT2D eigenvalue weighted by atomic mass is 10.00. The number of methoxy groups -OCH3 is 1. The number of amides is 1. The van der Waals surface area contributed by atoms with Crippen LogP contribution in [0.15, 0.2) is 65.8 Å². The van der Waals surface area contributed by atoms with Gasteiger partial charge in [0.2, 0.25) is 11.1 Å². The summed E-state index contributed by atoms with van der Waals surface area (Å²) in [5, 5.41) is 17.8. The Morgan fingerprint density at radius 1 is 1.16 bits per heavy atom. The van der Waals surface area contributed by atoms with Crippen LogP contribution in [0.25, 0.3) is 16.5 Å². The third-order valence-electron chi connectivity index (χ3n) is 5.00. The molecule has 1 heterocycles. The summed E-state index contributed by atoms with van der Waals surface area (Å²) in [6, 6.07) is 20.0. The van der Waals surface area contributed by atoms with E-state index in [0.717, 1.165) is 27.6 Å². The fourth-order valence-electron chi connectivity index (χ4n) is 3.50. The Hall–Kier alpha value is -3.39. The first-order chi connectivity index (χ1) is 15.1. The lowest BCUT2D eigenvalue weighted by Crippen LogP contribution is -2.28. The van der Waals surface area contributed by atoms with E-state index in [1.54, 1.807) is 11.8 Å². The Balaban J connectivity index is 1.46. The van der Waals surface area contributed by atoms with Crippen molar-refractivity contribution >= 4 is 28.4 Å². The van der Waals surface area contributed by atoms with Crippen LogP contribution >= 0.6 is 11.8 Å². The molecule has 4 aromatic rings. The highest BCUT2D eigenvalue weighted by molar-refractivity contribution is 7.99. The standard InChI is InChI=1S/C23H23N5O2S/c1-15-11-12-21(30-3)20(13-15)28-23(25-26-27-28)31-14-22(29)24-16(2)18-10-6-8-17-7-4-5-9-19(17)18/h4-13,16H,14H2,1-3H3,(H,24,29)/t16-/m0/s1. The van der Waals surface area contributed by atoms with Gasteiger partial charge in [-0.2, -0.15) is 4.68 Å². The van der Waals surface area contributed by atoms with Crippen molar-refractivity contribution in [1.82, 2.24) is 25.5 Å². The second kappa shape index (κ2) is 9.18. The van der Waals surface area contributed by atoms with Crippen LogP contribution in [0.3, 0.4) is 0 Å². The third kappa shape index (κ3) is 4.54. The zero-order valence-electron chi connectivity index (χ0n) is 17.6. The summed E-state index contributed by atoms with van der Waals surface area (Å²) in [5.41, 5.74) is 2.88. The van der Waals surface area contributed by atoms with E-state index in [0.29, 0.717) is 10.9 Å². The summed E-state index contributed by atoms with van der Waals surface area (Å²) < 4.78 is 7.03. The molecule has 0 aliphatic carbocycles. The Morgan fingerprint density at radius 2 is 1.97 bits per heavy atom. The Labute approximate surface area is 184 Å². The molecule has 1 aromatic heterocycles. The van der Waals surface area contributed by atoms with Crippen molar-refractivity contribution in [3.63, 3.8) is 0 Å². The second-order valence-corrected chi connectivity index (χ2v) is 8.14. The maximum atomic E-state index is 12.6. The first kappa shape index (κ1) is 20.9. The van der Waals surface area contributed by atoms with Crippen LogP contribution in [-0.2, 0) is 4.79 Å². The minimum Gasteiger partial charge on any atom is -0.494 e. The molecule has 0 aliphatic heterocycles. The van der Waals surface area contributed by atoms with Crippen LogP contribution in [0, 0.1) is 6.92 Å². The number of benzene rings is 3. The molecule has 0 bridgehead atoms. The highest BCUT2D eigenvalue weighted by Crippen LogP contribution is 2.27. The number of aryl methyl sites for hydroxylation is 1. The molecular formula is C23H23N5O2S. The van der Waals surface area contributed by atoms with Gasteiger partial charge in [0.25, 0.3) is 0 Å². The van der Waals surface area contributed by atoms with Crippen molar-refractivity contribution in [2.24, 2.45) is 0 Å². The number of ether oxygens (including phenoxy) is 1. The van der Waals surface area contributed by atoms with E-state index in [1.807, 2.05) is 56.3 Å². The molecule has 0 unspecified atom stereocenters. The Bertz CT molecular complexity index is 1220. The number of hydrogen-bond donors (Lipinski definition) is 1. The van der Waals surface area contributed by atoms with Crippen molar-refractivity contribution < 1.29 is 9.53 Å². The van der Waals surface area contributed by atoms with Gasteiger partial charge >= 0.3 is 0 Å². The van der Waals surface area contributed by atoms with E-state index in [1.165, 1.54) is 11.8 Å².